The Bertz CT molecular complexity index is 1410. The number of rotatable bonds is 9. The maximum absolute atomic E-state index is 13.0. The van der Waals surface area contributed by atoms with E-state index >= 15 is 0 Å². The predicted molar refractivity (Wildman–Crippen MR) is 159 cm³/mol. The summed E-state index contributed by atoms with van der Waals surface area (Å²) < 4.78 is 12.3. The molecule has 1 saturated heterocycles. The van der Waals surface area contributed by atoms with Crippen LogP contribution in [0.5, 0.6) is 11.5 Å². The van der Waals surface area contributed by atoms with Gasteiger partial charge in [0.25, 0.3) is 17.1 Å². The molecule has 38 heavy (non-hydrogen) atoms. The summed E-state index contributed by atoms with van der Waals surface area (Å²) in [6, 6.07) is 18.2. The molecule has 10 heteroatoms. The highest BCUT2D eigenvalue weighted by Gasteiger charge is 2.35. The SMILES string of the molecule is CCOc1cc(/C=C2\SC(=O)N(Cc3ccccc3)C2=O)cc(I)c1OCC(=O)Nc1ccc(C)c(Cl)c1. The van der Waals surface area contributed by atoms with Crippen molar-refractivity contribution in [3.63, 3.8) is 0 Å². The molecule has 1 N–H and O–H groups in total. The lowest BCUT2D eigenvalue weighted by molar-refractivity contribution is -0.123. The van der Waals surface area contributed by atoms with Crippen molar-refractivity contribution in [2.75, 3.05) is 18.5 Å². The van der Waals surface area contributed by atoms with Crippen LogP contribution in [0.4, 0.5) is 10.5 Å². The molecule has 0 radical (unpaired) electrons. The number of amides is 3. The quantitative estimate of drug-likeness (QED) is 0.198. The molecular weight excluding hydrogens is 639 g/mol. The summed E-state index contributed by atoms with van der Waals surface area (Å²) in [5.74, 6) is 0.156. The summed E-state index contributed by atoms with van der Waals surface area (Å²) in [5.41, 5.74) is 3.04. The van der Waals surface area contributed by atoms with Gasteiger partial charge in [0, 0.05) is 10.7 Å². The van der Waals surface area contributed by atoms with Crippen LogP contribution in [0.2, 0.25) is 5.02 Å². The van der Waals surface area contributed by atoms with Gasteiger partial charge in [0.1, 0.15) is 0 Å². The van der Waals surface area contributed by atoms with E-state index in [4.69, 9.17) is 21.1 Å². The van der Waals surface area contributed by atoms with Gasteiger partial charge < -0.3 is 14.8 Å². The van der Waals surface area contributed by atoms with E-state index in [0.717, 1.165) is 22.9 Å². The fraction of sp³-hybridized carbons (Fsp3) is 0.179. The van der Waals surface area contributed by atoms with E-state index in [1.54, 1.807) is 30.3 Å². The lowest BCUT2D eigenvalue weighted by atomic mass is 10.1. The Morgan fingerprint density at radius 1 is 1.11 bits per heavy atom. The average molecular weight is 663 g/mol. The first-order valence-corrected chi connectivity index (χ1v) is 14.0. The number of benzene rings is 3. The molecule has 3 amide bonds. The zero-order valence-corrected chi connectivity index (χ0v) is 24.4. The van der Waals surface area contributed by atoms with Crippen molar-refractivity contribution >= 4 is 74.8 Å². The van der Waals surface area contributed by atoms with Gasteiger partial charge in [-0.05, 0) is 95.2 Å². The lowest BCUT2D eigenvalue weighted by Gasteiger charge is -2.15. The number of hydrogen-bond acceptors (Lipinski definition) is 6. The summed E-state index contributed by atoms with van der Waals surface area (Å²) in [6.07, 6.45) is 1.66. The Morgan fingerprint density at radius 3 is 2.58 bits per heavy atom. The summed E-state index contributed by atoms with van der Waals surface area (Å²) in [7, 11) is 0. The molecule has 0 aliphatic carbocycles. The number of nitrogens with one attached hydrogen (secondary N) is 1. The number of carbonyl (C=O) groups is 3. The standard InChI is InChI=1S/C28H24ClIN2O5S/c1-3-36-23-12-19(13-24-27(34)32(28(35)38-24)15-18-7-5-4-6-8-18)11-22(30)26(23)37-16-25(33)31-20-10-9-17(2)21(29)14-20/h4-14H,3,15-16H2,1-2H3,(H,31,33)/b24-13-. The second kappa shape index (κ2) is 12.7. The van der Waals surface area contributed by atoms with E-state index in [0.29, 0.717) is 42.9 Å². The number of carbonyl (C=O) groups excluding carboxylic acids is 3. The van der Waals surface area contributed by atoms with Gasteiger partial charge in [0.2, 0.25) is 0 Å². The third-order valence-electron chi connectivity index (χ3n) is 5.49. The maximum Gasteiger partial charge on any atom is 0.293 e. The Hall–Kier alpha value is -3.02. The van der Waals surface area contributed by atoms with E-state index in [2.05, 4.69) is 27.9 Å². The fourth-order valence-corrected chi connectivity index (χ4v) is 5.43. The maximum atomic E-state index is 13.0. The number of thioether (sulfide) groups is 1. The molecule has 0 unspecified atom stereocenters. The summed E-state index contributed by atoms with van der Waals surface area (Å²) >= 11 is 9.13. The Kier molecular flexibility index (Phi) is 9.35. The summed E-state index contributed by atoms with van der Waals surface area (Å²) in [4.78, 5) is 39.5. The van der Waals surface area contributed by atoms with Crippen molar-refractivity contribution in [1.82, 2.24) is 4.90 Å². The smallest absolute Gasteiger partial charge is 0.293 e. The summed E-state index contributed by atoms with van der Waals surface area (Å²) in [6.45, 7) is 4.07. The molecule has 1 heterocycles. The molecule has 1 aliphatic rings. The van der Waals surface area contributed by atoms with Crippen LogP contribution < -0.4 is 14.8 Å². The van der Waals surface area contributed by atoms with Gasteiger partial charge in [-0.25, -0.2) is 0 Å². The predicted octanol–water partition coefficient (Wildman–Crippen LogP) is 6.91. The van der Waals surface area contributed by atoms with Crippen molar-refractivity contribution in [3.8, 4) is 11.5 Å². The average Bonchev–Trinajstić information content (AvgIpc) is 3.14. The van der Waals surface area contributed by atoms with Crippen molar-refractivity contribution < 1.29 is 23.9 Å². The van der Waals surface area contributed by atoms with Crippen molar-refractivity contribution in [1.29, 1.82) is 0 Å². The van der Waals surface area contributed by atoms with Crippen LogP contribution in [0.25, 0.3) is 6.08 Å². The monoisotopic (exact) mass is 662 g/mol. The third-order valence-corrected chi connectivity index (χ3v) is 7.61. The molecule has 0 spiro atoms. The molecule has 3 aromatic rings. The zero-order chi connectivity index (χ0) is 27.2. The molecule has 3 aromatic carbocycles. The number of imide groups is 1. The van der Waals surface area contributed by atoms with Gasteiger partial charge in [0.15, 0.2) is 18.1 Å². The minimum atomic E-state index is -0.348. The summed E-state index contributed by atoms with van der Waals surface area (Å²) in [5, 5.41) is 3.01. The van der Waals surface area contributed by atoms with Gasteiger partial charge in [-0.2, -0.15) is 0 Å². The topological polar surface area (TPSA) is 84.9 Å². The number of aryl methyl sites for hydroxylation is 1. The van der Waals surface area contributed by atoms with Crippen molar-refractivity contribution in [2.45, 2.75) is 20.4 Å². The van der Waals surface area contributed by atoms with Crippen LogP contribution >= 0.6 is 46.0 Å². The molecule has 0 atom stereocenters. The van der Waals surface area contributed by atoms with E-state index < -0.39 is 0 Å². The van der Waals surface area contributed by atoms with E-state index in [-0.39, 0.29) is 30.2 Å². The number of hydrogen-bond donors (Lipinski definition) is 1. The minimum absolute atomic E-state index is 0.216. The first-order valence-electron chi connectivity index (χ1n) is 11.7. The Morgan fingerprint density at radius 2 is 1.87 bits per heavy atom. The van der Waals surface area contributed by atoms with Gasteiger partial charge in [-0.3, -0.25) is 19.3 Å². The second-order valence-corrected chi connectivity index (χ2v) is 10.9. The van der Waals surface area contributed by atoms with E-state index in [9.17, 15) is 14.4 Å². The molecule has 0 saturated carbocycles. The molecular formula is C28H24ClIN2O5S. The molecule has 1 fully saturated rings. The van der Waals surface area contributed by atoms with Crippen molar-refractivity contribution in [3.05, 3.63) is 90.9 Å². The highest BCUT2D eigenvalue weighted by atomic mass is 127. The first-order chi connectivity index (χ1) is 18.2. The molecule has 1 aliphatic heterocycles. The van der Waals surface area contributed by atoms with Crippen LogP contribution in [0, 0.1) is 10.5 Å². The molecule has 0 aromatic heterocycles. The van der Waals surface area contributed by atoms with E-state index in [1.807, 2.05) is 50.2 Å². The highest BCUT2D eigenvalue weighted by molar-refractivity contribution is 14.1. The van der Waals surface area contributed by atoms with Crippen molar-refractivity contribution in [2.24, 2.45) is 0 Å². The first kappa shape index (κ1) is 28.0. The molecule has 7 nitrogen and oxygen atoms in total. The third kappa shape index (κ3) is 6.89. The number of halogens is 2. The second-order valence-electron chi connectivity index (χ2n) is 8.32. The Labute approximate surface area is 243 Å². The zero-order valence-electron chi connectivity index (χ0n) is 20.6. The normalized spacial score (nSPS) is 14.2. The number of anilines is 1. The highest BCUT2D eigenvalue weighted by Crippen LogP contribution is 2.38. The van der Waals surface area contributed by atoms with Gasteiger partial charge >= 0.3 is 0 Å². The lowest BCUT2D eigenvalue weighted by Crippen LogP contribution is -2.27. The Balaban J connectivity index is 1.48. The van der Waals surface area contributed by atoms with Crippen LogP contribution in [0.3, 0.4) is 0 Å². The molecule has 4 rings (SSSR count). The fourth-order valence-electron chi connectivity index (χ4n) is 3.63. The molecule has 196 valence electrons. The van der Waals surface area contributed by atoms with Crippen LogP contribution in [-0.4, -0.2) is 35.2 Å². The van der Waals surface area contributed by atoms with Gasteiger partial charge in [-0.15, -0.1) is 0 Å². The number of nitrogens with zero attached hydrogens (tertiary/aromatic N) is 1. The van der Waals surface area contributed by atoms with Crippen LogP contribution in [0.15, 0.2) is 65.6 Å². The van der Waals surface area contributed by atoms with Gasteiger partial charge in [-0.1, -0.05) is 48.0 Å². The van der Waals surface area contributed by atoms with E-state index in [1.165, 1.54) is 4.90 Å². The van der Waals surface area contributed by atoms with Gasteiger partial charge in [0.05, 0.1) is 21.6 Å². The van der Waals surface area contributed by atoms with Crippen LogP contribution in [0.1, 0.15) is 23.6 Å². The number of ether oxygens (including phenoxy) is 2. The van der Waals surface area contributed by atoms with Crippen LogP contribution in [-0.2, 0) is 16.1 Å². The largest absolute Gasteiger partial charge is 0.490 e. The minimum Gasteiger partial charge on any atom is -0.490 e. The molecule has 0 bridgehead atoms.